The van der Waals surface area contributed by atoms with E-state index in [0.29, 0.717) is 34.6 Å². The molecular weight excluding hydrogens is 474 g/mol. The number of hydrogen-bond donors (Lipinski definition) is 1. The quantitative estimate of drug-likeness (QED) is 0.383. The first-order valence-corrected chi connectivity index (χ1v) is 13.2. The molecule has 34 heavy (non-hydrogen) atoms. The molecule has 0 saturated carbocycles. The molecule has 2 heterocycles. The summed E-state index contributed by atoms with van der Waals surface area (Å²) in [5.41, 5.74) is 4.84. The van der Waals surface area contributed by atoms with Crippen LogP contribution in [0.1, 0.15) is 47.1 Å². The van der Waals surface area contributed by atoms with Crippen LogP contribution in [0.2, 0.25) is 5.02 Å². The van der Waals surface area contributed by atoms with E-state index in [1.165, 1.54) is 0 Å². The van der Waals surface area contributed by atoms with Crippen LogP contribution in [-0.2, 0) is 29.2 Å². The second-order valence-electron chi connectivity index (χ2n) is 8.82. The van der Waals surface area contributed by atoms with Gasteiger partial charge >= 0.3 is 5.97 Å². The molecule has 2 aromatic rings. The van der Waals surface area contributed by atoms with Crippen molar-refractivity contribution in [3.63, 3.8) is 0 Å². The highest BCUT2D eigenvalue weighted by Gasteiger charge is 2.33. The predicted molar refractivity (Wildman–Crippen MR) is 133 cm³/mol. The minimum Gasteiger partial charge on any atom is -0.476 e. The Balaban J connectivity index is 1.94. The molecule has 0 aromatic heterocycles. The normalized spacial score (nSPS) is 12.1. The van der Waals surface area contributed by atoms with Crippen molar-refractivity contribution in [3.8, 4) is 22.5 Å². The number of aromatic nitrogens is 3. The highest BCUT2D eigenvalue weighted by Crippen LogP contribution is 2.43. The van der Waals surface area contributed by atoms with Gasteiger partial charge in [0.2, 0.25) is 0 Å². The van der Waals surface area contributed by atoms with Crippen molar-refractivity contribution in [2.75, 3.05) is 6.26 Å². The van der Waals surface area contributed by atoms with E-state index < -0.39 is 15.8 Å². The molecule has 0 radical (unpaired) electrons. The van der Waals surface area contributed by atoms with Crippen LogP contribution >= 0.6 is 11.6 Å². The molecule has 2 aliphatic heterocycles. The molecule has 7 nitrogen and oxygen atoms in total. The zero-order chi connectivity index (χ0) is 24.8. The maximum absolute atomic E-state index is 12.2. The lowest BCUT2D eigenvalue weighted by Crippen LogP contribution is -2.14. The number of fused-ring (bicyclic) bond motifs is 1. The maximum atomic E-state index is 12.2. The zero-order valence-electron chi connectivity index (χ0n) is 19.4. The number of halogens is 1. The Kier molecular flexibility index (Phi) is 6.31. The summed E-state index contributed by atoms with van der Waals surface area (Å²) in [6.07, 6.45) is 1.15. The summed E-state index contributed by atoms with van der Waals surface area (Å²) in [5, 5.41) is 10.2. The Hall–Kier alpha value is -3.10. The molecule has 0 aliphatic carbocycles. The highest BCUT2D eigenvalue weighted by atomic mass is 35.5. The standard InChI is InChI=1S/C25H26ClN3O4S/c1-15(2)23-22-24(28(3)29(23)13-16-8-6-5-7-9-16)20(21(27-22)25(30)31)17-10-11-18(19(26)12-17)14-34(4,32)33/h5-12,15H,13-14H2,1-4H3,(H,30,31). The average molecular weight is 500 g/mol. The third-order valence-electron chi connectivity index (χ3n) is 5.81. The fourth-order valence-corrected chi connectivity index (χ4v) is 5.54. The van der Waals surface area contributed by atoms with Crippen LogP contribution in [0.25, 0.3) is 22.5 Å². The van der Waals surface area contributed by atoms with E-state index in [1.807, 2.05) is 42.1 Å². The lowest BCUT2D eigenvalue weighted by molar-refractivity contribution is 0.0692. The molecule has 2 aliphatic rings. The number of aromatic carboxylic acids is 1. The molecule has 4 rings (SSSR count). The number of nitrogens with zero attached hydrogens (tertiary/aromatic N) is 3. The van der Waals surface area contributed by atoms with Gasteiger partial charge in [-0.15, -0.1) is 0 Å². The second kappa shape index (κ2) is 8.92. The number of carboxylic acid groups (broad SMARTS) is 1. The Morgan fingerprint density at radius 2 is 1.82 bits per heavy atom. The molecule has 0 atom stereocenters. The van der Waals surface area contributed by atoms with E-state index >= 15 is 0 Å². The molecule has 9 heteroatoms. The molecule has 0 fully saturated rings. The van der Waals surface area contributed by atoms with E-state index in [-0.39, 0.29) is 22.4 Å². The second-order valence-corrected chi connectivity index (χ2v) is 11.4. The third-order valence-corrected chi connectivity index (χ3v) is 7.00. The minimum atomic E-state index is -3.27. The molecule has 0 saturated heterocycles. The summed E-state index contributed by atoms with van der Waals surface area (Å²) in [5.74, 6) is -1.23. The predicted octanol–water partition coefficient (Wildman–Crippen LogP) is 5.06. The zero-order valence-corrected chi connectivity index (χ0v) is 21.0. The van der Waals surface area contributed by atoms with E-state index in [0.717, 1.165) is 17.5 Å². The van der Waals surface area contributed by atoms with Gasteiger partial charge in [-0.25, -0.2) is 18.2 Å². The van der Waals surface area contributed by atoms with Crippen molar-refractivity contribution in [1.29, 1.82) is 0 Å². The third kappa shape index (κ3) is 4.48. The van der Waals surface area contributed by atoms with Crippen molar-refractivity contribution in [1.82, 2.24) is 14.3 Å². The number of rotatable bonds is 7. The first kappa shape index (κ1) is 24.0. The summed E-state index contributed by atoms with van der Waals surface area (Å²) in [6.45, 7) is 4.72. The first-order valence-electron chi connectivity index (χ1n) is 10.8. The van der Waals surface area contributed by atoms with E-state index in [1.54, 1.807) is 18.2 Å². The summed E-state index contributed by atoms with van der Waals surface area (Å²) >= 11 is 6.43. The number of sulfone groups is 1. The van der Waals surface area contributed by atoms with Crippen LogP contribution in [0.15, 0.2) is 48.5 Å². The van der Waals surface area contributed by atoms with E-state index in [4.69, 9.17) is 11.6 Å². The van der Waals surface area contributed by atoms with Crippen LogP contribution in [0.3, 0.4) is 0 Å². The molecule has 0 bridgehead atoms. The highest BCUT2D eigenvalue weighted by molar-refractivity contribution is 7.89. The smallest absolute Gasteiger partial charge is 0.355 e. The summed E-state index contributed by atoms with van der Waals surface area (Å²) in [6, 6.07) is 15.0. The molecular formula is C25H26ClN3O4S. The largest absolute Gasteiger partial charge is 0.476 e. The summed E-state index contributed by atoms with van der Waals surface area (Å²) < 4.78 is 27.5. The number of hydrogen-bond acceptors (Lipinski definition) is 4. The van der Waals surface area contributed by atoms with Gasteiger partial charge in [-0.05, 0) is 28.7 Å². The fraction of sp³-hybridized carbons (Fsp3) is 0.280. The Bertz CT molecular complexity index is 1450. The maximum Gasteiger partial charge on any atom is 0.355 e. The molecule has 0 unspecified atom stereocenters. The SMILES string of the molecule is CC(C)c1c2nc(C(=O)O)c(-c3ccc(CS(C)(=O)=O)c(Cl)c3)c-2n(C)n1Cc1ccccc1. The van der Waals surface area contributed by atoms with E-state index in [2.05, 4.69) is 23.5 Å². The van der Waals surface area contributed by atoms with Gasteiger partial charge in [0.25, 0.3) is 0 Å². The van der Waals surface area contributed by atoms with Gasteiger partial charge in [-0.1, -0.05) is 67.9 Å². The number of benzene rings is 2. The lowest BCUT2D eigenvalue weighted by Gasteiger charge is -2.15. The Morgan fingerprint density at radius 1 is 1.15 bits per heavy atom. The lowest BCUT2D eigenvalue weighted by atomic mass is 10.00. The van der Waals surface area contributed by atoms with Gasteiger partial charge < -0.3 is 5.11 Å². The Morgan fingerprint density at radius 3 is 2.38 bits per heavy atom. The van der Waals surface area contributed by atoms with Crippen LogP contribution in [0.5, 0.6) is 0 Å². The van der Waals surface area contributed by atoms with Crippen molar-refractivity contribution < 1.29 is 18.3 Å². The van der Waals surface area contributed by atoms with Crippen LogP contribution < -0.4 is 0 Å². The van der Waals surface area contributed by atoms with Gasteiger partial charge in [0.05, 0.1) is 23.7 Å². The molecule has 1 N–H and O–H groups in total. The van der Waals surface area contributed by atoms with Gasteiger partial charge in [0.1, 0.15) is 5.69 Å². The summed E-state index contributed by atoms with van der Waals surface area (Å²) in [7, 11) is -1.37. The van der Waals surface area contributed by atoms with Crippen molar-refractivity contribution in [2.45, 2.75) is 32.1 Å². The monoisotopic (exact) mass is 499 g/mol. The molecule has 0 spiro atoms. The molecule has 178 valence electrons. The average Bonchev–Trinajstić information content (AvgIpc) is 3.25. The van der Waals surface area contributed by atoms with Crippen molar-refractivity contribution >= 4 is 27.4 Å². The molecule has 2 aromatic carbocycles. The molecule has 0 amide bonds. The topological polar surface area (TPSA) is 94.2 Å². The van der Waals surface area contributed by atoms with Gasteiger partial charge in [-0.3, -0.25) is 9.36 Å². The van der Waals surface area contributed by atoms with E-state index in [9.17, 15) is 18.3 Å². The van der Waals surface area contributed by atoms with Crippen LogP contribution in [0.4, 0.5) is 0 Å². The number of carboxylic acids is 1. The van der Waals surface area contributed by atoms with Crippen LogP contribution in [0, 0.1) is 0 Å². The first-order chi connectivity index (χ1) is 16.0. The number of carbonyl (C=O) groups is 1. The van der Waals surface area contributed by atoms with Crippen molar-refractivity contribution in [3.05, 3.63) is 76.1 Å². The van der Waals surface area contributed by atoms with Gasteiger partial charge in [0.15, 0.2) is 15.5 Å². The Labute approximate surface area is 203 Å². The van der Waals surface area contributed by atoms with Gasteiger partial charge in [-0.2, -0.15) is 0 Å². The minimum absolute atomic E-state index is 0.0544. The summed E-state index contributed by atoms with van der Waals surface area (Å²) in [4.78, 5) is 16.7. The van der Waals surface area contributed by atoms with Crippen LogP contribution in [-0.4, -0.2) is 40.1 Å². The van der Waals surface area contributed by atoms with Crippen molar-refractivity contribution in [2.24, 2.45) is 7.05 Å². The van der Waals surface area contributed by atoms with Gasteiger partial charge in [0, 0.05) is 23.9 Å². The fourth-order valence-electron chi connectivity index (χ4n) is 4.40.